The van der Waals surface area contributed by atoms with Crippen LogP contribution in [0.1, 0.15) is 28.8 Å². The number of hydrogen-bond donors (Lipinski definition) is 0. The summed E-state index contributed by atoms with van der Waals surface area (Å²) in [5.41, 5.74) is 0.0634. The molecule has 1 amide bonds. The molecule has 1 fully saturated rings. The molecular weight excluding hydrogens is 393 g/mol. The molecule has 28 heavy (non-hydrogen) atoms. The molecule has 9 heteroatoms. The summed E-state index contributed by atoms with van der Waals surface area (Å²) in [5, 5.41) is 0. The Labute approximate surface area is 161 Å². The van der Waals surface area contributed by atoms with Gasteiger partial charge in [-0.2, -0.15) is 4.31 Å². The van der Waals surface area contributed by atoms with Crippen molar-refractivity contribution in [3.05, 3.63) is 65.0 Å². The highest BCUT2D eigenvalue weighted by Gasteiger charge is 2.30. The highest BCUT2D eigenvalue weighted by atomic mass is 32.2. The van der Waals surface area contributed by atoms with Gasteiger partial charge in [0.15, 0.2) is 0 Å². The Balaban J connectivity index is 1.86. The molecule has 0 saturated carbocycles. The van der Waals surface area contributed by atoms with Crippen molar-refractivity contribution < 1.29 is 26.4 Å². The molecule has 2 aromatic rings. The lowest BCUT2D eigenvalue weighted by Gasteiger charge is -2.20. The van der Waals surface area contributed by atoms with Crippen LogP contribution in [0.3, 0.4) is 0 Å². The molecule has 0 aromatic heterocycles. The van der Waals surface area contributed by atoms with Gasteiger partial charge in [-0.25, -0.2) is 21.6 Å². The van der Waals surface area contributed by atoms with E-state index in [-0.39, 0.29) is 17.7 Å². The van der Waals surface area contributed by atoms with Crippen LogP contribution in [-0.2, 0) is 16.6 Å². The van der Waals surface area contributed by atoms with Crippen molar-refractivity contribution in [1.29, 1.82) is 0 Å². The van der Waals surface area contributed by atoms with E-state index in [2.05, 4.69) is 0 Å². The van der Waals surface area contributed by atoms with E-state index in [1.807, 2.05) is 0 Å². The van der Waals surface area contributed by atoms with Gasteiger partial charge in [-0.3, -0.25) is 4.79 Å². The summed E-state index contributed by atoms with van der Waals surface area (Å²) in [5.74, 6) is -3.07. The highest BCUT2D eigenvalue weighted by Crippen LogP contribution is 2.25. The summed E-state index contributed by atoms with van der Waals surface area (Å²) in [4.78, 5) is 13.2. The van der Waals surface area contributed by atoms with Crippen molar-refractivity contribution in [3.63, 3.8) is 0 Å². The standard InChI is InChI=1S/C19H19F3N2O3S/c1-23(12-14-4-6-15(20)11-17(14)22)19(25)13-5-7-16(21)18(10-13)28(26,27)24-8-2-3-9-24/h4-7,10-11H,2-3,8-9,12H2,1H3. The van der Waals surface area contributed by atoms with Gasteiger partial charge in [0.1, 0.15) is 22.3 Å². The third-order valence-corrected chi connectivity index (χ3v) is 6.54. The van der Waals surface area contributed by atoms with Gasteiger partial charge in [-0.15, -0.1) is 0 Å². The smallest absolute Gasteiger partial charge is 0.253 e. The molecule has 0 N–H and O–H groups in total. The highest BCUT2D eigenvalue weighted by molar-refractivity contribution is 7.89. The third-order valence-electron chi connectivity index (χ3n) is 4.63. The monoisotopic (exact) mass is 412 g/mol. The minimum atomic E-state index is -4.04. The van der Waals surface area contributed by atoms with Crippen molar-refractivity contribution in [1.82, 2.24) is 9.21 Å². The van der Waals surface area contributed by atoms with Crippen molar-refractivity contribution in [3.8, 4) is 0 Å². The summed E-state index contributed by atoms with van der Waals surface area (Å²) in [6.45, 7) is 0.462. The number of carbonyl (C=O) groups is 1. The summed E-state index contributed by atoms with van der Waals surface area (Å²) in [6, 6.07) is 6.13. The minimum Gasteiger partial charge on any atom is -0.337 e. The molecule has 1 saturated heterocycles. The fourth-order valence-electron chi connectivity index (χ4n) is 3.10. The number of hydrogen-bond acceptors (Lipinski definition) is 3. The lowest BCUT2D eigenvalue weighted by atomic mass is 10.1. The van der Waals surface area contributed by atoms with Crippen molar-refractivity contribution in [2.75, 3.05) is 20.1 Å². The van der Waals surface area contributed by atoms with E-state index in [0.29, 0.717) is 32.0 Å². The number of carbonyl (C=O) groups excluding carboxylic acids is 1. The summed E-state index contributed by atoms with van der Waals surface area (Å²) < 4.78 is 67.5. The largest absolute Gasteiger partial charge is 0.337 e. The number of benzene rings is 2. The van der Waals surface area contributed by atoms with Gasteiger partial charge >= 0.3 is 0 Å². The van der Waals surface area contributed by atoms with Gasteiger partial charge in [-0.1, -0.05) is 6.07 Å². The van der Waals surface area contributed by atoms with E-state index in [0.717, 1.165) is 23.1 Å². The second kappa shape index (κ2) is 7.92. The molecule has 0 radical (unpaired) electrons. The minimum absolute atomic E-state index is 0.0378. The van der Waals surface area contributed by atoms with Crippen LogP contribution in [0.15, 0.2) is 41.3 Å². The van der Waals surface area contributed by atoms with Gasteiger partial charge in [0.05, 0.1) is 0 Å². The van der Waals surface area contributed by atoms with E-state index in [4.69, 9.17) is 0 Å². The Kier molecular flexibility index (Phi) is 5.76. The Morgan fingerprint density at radius 2 is 1.71 bits per heavy atom. The third kappa shape index (κ3) is 4.05. The Hall–Kier alpha value is -2.39. The van der Waals surface area contributed by atoms with Gasteiger partial charge in [0.2, 0.25) is 10.0 Å². The number of halogens is 3. The topological polar surface area (TPSA) is 57.7 Å². The maximum absolute atomic E-state index is 14.2. The van der Waals surface area contributed by atoms with Crippen LogP contribution in [0, 0.1) is 17.5 Å². The fourth-order valence-corrected chi connectivity index (χ4v) is 4.71. The molecule has 2 aromatic carbocycles. The van der Waals surface area contributed by atoms with Crippen molar-refractivity contribution >= 4 is 15.9 Å². The van der Waals surface area contributed by atoms with Crippen LogP contribution in [0.4, 0.5) is 13.2 Å². The van der Waals surface area contributed by atoms with E-state index in [9.17, 15) is 26.4 Å². The van der Waals surface area contributed by atoms with Crippen LogP contribution >= 0.6 is 0 Å². The molecule has 0 aliphatic carbocycles. The second-order valence-corrected chi connectivity index (χ2v) is 8.56. The first kappa shape index (κ1) is 20.3. The van der Waals surface area contributed by atoms with Gasteiger partial charge < -0.3 is 4.90 Å². The Morgan fingerprint density at radius 3 is 2.36 bits per heavy atom. The predicted octanol–water partition coefficient (Wildman–Crippen LogP) is 3.16. The van der Waals surface area contributed by atoms with E-state index in [1.54, 1.807) is 0 Å². The number of rotatable bonds is 5. The lowest BCUT2D eigenvalue weighted by Crippen LogP contribution is -2.30. The zero-order chi connectivity index (χ0) is 20.5. The van der Waals surface area contributed by atoms with Crippen LogP contribution in [0.25, 0.3) is 0 Å². The molecule has 0 bridgehead atoms. The number of amides is 1. The second-order valence-electron chi connectivity index (χ2n) is 6.65. The van der Waals surface area contributed by atoms with Crippen molar-refractivity contribution in [2.24, 2.45) is 0 Å². The molecular formula is C19H19F3N2O3S. The normalized spacial score (nSPS) is 15.0. The van der Waals surface area contributed by atoms with Gasteiger partial charge in [0, 0.05) is 43.9 Å². The fraction of sp³-hybridized carbons (Fsp3) is 0.316. The molecule has 3 rings (SSSR count). The molecule has 150 valence electrons. The first-order chi connectivity index (χ1) is 13.2. The van der Waals surface area contributed by atoms with E-state index in [1.165, 1.54) is 23.5 Å². The average molecular weight is 412 g/mol. The van der Waals surface area contributed by atoms with Gasteiger partial charge in [-0.05, 0) is 37.1 Å². The van der Waals surface area contributed by atoms with Gasteiger partial charge in [0.25, 0.3) is 5.91 Å². The molecule has 0 spiro atoms. The summed E-state index contributed by atoms with van der Waals surface area (Å²) in [7, 11) is -2.64. The lowest BCUT2D eigenvalue weighted by molar-refractivity contribution is 0.0783. The number of nitrogens with zero attached hydrogens (tertiary/aromatic N) is 2. The van der Waals surface area contributed by atoms with E-state index >= 15 is 0 Å². The maximum Gasteiger partial charge on any atom is 0.253 e. The Morgan fingerprint density at radius 1 is 1.04 bits per heavy atom. The van der Waals surface area contributed by atoms with Crippen LogP contribution in [-0.4, -0.2) is 43.7 Å². The zero-order valence-electron chi connectivity index (χ0n) is 15.2. The maximum atomic E-state index is 14.2. The predicted molar refractivity (Wildman–Crippen MR) is 96.5 cm³/mol. The first-order valence-corrected chi connectivity index (χ1v) is 10.1. The SMILES string of the molecule is CN(Cc1ccc(F)cc1F)C(=O)c1ccc(F)c(S(=O)(=O)N2CCCC2)c1. The average Bonchev–Trinajstić information content (AvgIpc) is 3.19. The molecule has 1 aliphatic rings. The van der Waals surface area contributed by atoms with Crippen LogP contribution in [0.2, 0.25) is 0 Å². The molecule has 1 aliphatic heterocycles. The first-order valence-electron chi connectivity index (χ1n) is 8.69. The quantitative estimate of drug-likeness (QED) is 0.758. The summed E-state index contributed by atoms with van der Waals surface area (Å²) in [6.07, 6.45) is 1.40. The molecule has 0 atom stereocenters. The van der Waals surface area contributed by atoms with Crippen LogP contribution < -0.4 is 0 Å². The Bertz CT molecular complexity index is 1010. The molecule has 1 heterocycles. The summed E-state index contributed by atoms with van der Waals surface area (Å²) >= 11 is 0. The zero-order valence-corrected chi connectivity index (χ0v) is 16.0. The molecule has 5 nitrogen and oxygen atoms in total. The van der Waals surface area contributed by atoms with E-state index < -0.39 is 38.3 Å². The van der Waals surface area contributed by atoms with Crippen molar-refractivity contribution in [2.45, 2.75) is 24.3 Å². The van der Waals surface area contributed by atoms with Crippen LogP contribution in [0.5, 0.6) is 0 Å². The molecule has 0 unspecified atom stereocenters. The number of sulfonamides is 1.